The molecule has 0 radical (unpaired) electrons. The Morgan fingerprint density at radius 1 is 1.38 bits per heavy atom. The SMILES string of the molecule is NC1CCC(C(=O)NCC(O)C(F)F)CC1. The van der Waals surface area contributed by atoms with Gasteiger partial charge in [0, 0.05) is 18.5 Å². The highest BCUT2D eigenvalue weighted by atomic mass is 19.3. The first-order chi connectivity index (χ1) is 7.50. The molecule has 4 nitrogen and oxygen atoms in total. The molecule has 1 aliphatic rings. The van der Waals surface area contributed by atoms with Crippen LogP contribution >= 0.6 is 0 Å². The molecule has 0 saturated heterocycles. The standard InChI is InChI=1S/C10H18F2N2O2/c11-9(12)8(15)5-14-10(16)6-1-3-7(13)4-2-6/h6-9,15H,1-5,13H2,(H,14,16). The second-order valence-electron chi connectivity index (χ2n) is 4.26. The van der Waals surface area contributed by atoms with E-state index in [4.69, 9.17) is 10.8 Å². The summed E-state index contributed by atoms with van der Waals surface area (Å²) in [4.78, 5) is 11.5. The van der Waals surface area contributed by atoms with E-state index in [-0.39, 0.29) is 24.4 Å². The van der Waals surface area contributed by atoms with Crippen LogP contribution in [0.25, 0.3) is 0 Å². The molecular formula is C10H18F2N2O2. The zero-order chi connectivity index (χ0) is 12.1. The molecule has 0 bridgehead atoms. The summed E-state index contributed by atoms with van der Waals surface area (Å²) in [6.45, 7) is -0.390. The molecule has 0 heterocycles. The van der Waals surface area contributed by atoms with Crippen molar-refractivity contribution < 1.29 is 18.7 Å². The number of aliphatic hydroxyl groups excluding tert-OH is 1. The summed E-state index contributed by atoms with van der Waals surface area (Å²) in [6, 6.07) is 0.149. The molecule has 1 aliphatic carbocycles. The van der Waals surface area contributed by atoms with Gasteiger partial charge < -0.3 is 16.2 Å². The third kappa shape index (κ3) is 4.02. The monoisotopic (exact) mass is 236 g/mol. The van der Waals surface area contributed by atoms with E-state index in [1.807, 2.05) is 0 Å². The lowest BCUT2D eigenvalue weighted by Crippen LogP contribution is -2.41. The van der Waals surface area contributed by atoms with Crippen LogP contribution in [0, 0.1) is 5.92 Å². The number of carbonyl (C=O) groups is 1. The maximum absolute atomic E-state index is 12.0. The Morgan fingerprint density at radius 2 is 1.94 bits per heavy atom. The van der Waals surface area contributed by atoms with Crippen LogP contribution in [0.2, 0.25) is 0 Å². The van der Waals surface area contributed by atoms with Crippen molar-refractivity contribution in [3.63, 3.8) is 0 Å². The van der Waals surface area contributed by atoms with Gasteiger partial charge in [0.25, 0.3) is 6.43 Å². The van der Waals surface area contributed by atoms with Crippen LogP contribution in [-0.2, 0) is 4.79 Å². The summed E-state index contributed by atoms with van der Waals surface area (Å²) in [6.07, 6.45) is -1.64. The molecule has 1 saturated carbocycles. The lowest BCUT2D eigenvalue weighted by Gasteiger charge is -2.25. The fourth-order valence-corrected chi connectivity index (χ4v) is 1.82. The first kappa shape index (κ1) is 13.3. The lowest BCUT2D eigenvalue weighted by atomic mass is 9.86. The molecular weight excluding hydrogens is 218 g/mol. The van der Waals surface area contributed by atoms with Crippen molar-refractivity contribution in [2.45, 2.75) is 44.3 Å². The highest BCUT2D eigenvalue weighted by Crippen LogP contribution is 2.23. The third-order valence-electron chi connectivity index (χ3n) is 2.92. The van der Waals surface area contributed by atoms with Gasteiger partial charge in [-0.2, -0.15) is 0 Å². The molecule has 0 aromatic heterocycles. The number of nitrogens with one attached hydrogen (secondary N) is 1. The summed E-state index contributed by atoms with van der Waals surface area (Å²) in [7, 11) is 0. The highest BCUT2D eigenvalue weighted by Gasteiger charge is 2.25. The van der Waals surface area contributed by atoms with Gasteiger partial charge in [-0.25, -0.2) is 8.78 Å². The van der Waals surface area contributed by atoms with E-state index < -0.39 is 12.5 Å². The van der Waals surface area contributed by atoms with Gasteiger partial charge in [-0.15, -0.1) is 0 Å². The number of hydrogen-bond acceptors (Lipinski definition) is 3. The number of nitrogens with two attached hydrogens (primary N) is 1. The number of aliphatic hydroxyl groups is 1. The van der Waals surface area contributed by atoms with Gasteiger partial charge in [0.05, 0.1) is 0 Å². The summed E-state index contributed by atoms with van der Waals surface area (Å²) in [5, 5.41) is 11.2. The number of alkyl halides is 2. The van der Waals surface area contributed by atoms with Crippen LogP contribution in [0.4, 0.5) is 8.78 Å². The van der Waals surface area contributed by atoms with Gasteiger partial charge >= 0.3 is 0 Å². The first-order valence-electron chi connectivity index (χ1n) is 5.50. The quantitative estimate of drug-likeness (QED) is 0.654. The topological polar surface area (TPSA) is 75.4 Å². The van der Waals surface area contributed by atoms with Crippen LogP contribution < -0.4 is 11.1 Å². The van der Waals surface area contributed by atoms with Gasteiger partial charge in [-0.3, -0.25) is 4.79 Å². The summed E-state index contributed by atoms with van der Waals surface area (Å²) in [5.74, 6) is -0.406. The van der Waals surface area contributed by atoms with E-state index in [1.165, 1.54) is 0 Å². The molecule has 94 valence electrons. The van der Waals surface area contributed by atoms with Crippen molar-refractivity contribution in [2.24, 2.45) is 11.7 Å². The first-order valence-corrected chi connectivity index (χ1v) is 5.50. The van der Waals surface area contributed by atoms with E-state index in [1.54, 1.807) is 0 Å². The molecule has 0 spiro atoms. The number of hydrogen-bond donors (Lipinski definition) is 3. The van der Waals surface area contributed by atoms with Crippen molar-refractivity contribution >= 4 is 5.91 Å². The van der Waals surface area contributed by atoms with Gasteiger partial charge in [-0.05, 0) is 25.7 Å². The molecule has 1 amide bonds. The number of rotatable bonds is 4. The van der Waals surface area contributed by atoms with Gasteiger partial charge in [0.2, 0.25) is 5.91 Å². The minimum atomic E-state index is -2.82. The molecule has 6 heteroatoms. The molecule has 0 aliphatic heterocycles. The Bertz CT molecular complexity index is 231. The number of halogens is 2. The van der Waals surface area contributed by atoms with Crippen molar-refractivity contribution in [2.75, 3.05) is 6.54 Å². The Balaban J connectivity index is 2.25. The smallest absolute Gasteiger partial charge is 0.265 e. The number of carbonyl (C=O) groups excluding carboxylic acids is 1. The molecule has 4 N–H and O–H groups in total. The van der Waals surface area contributed by atoms with E-state index in [2.05, 4.69) is 5.32 Å². The second kappa shape index (κ2) is 6.10. The highest BCUT2D eigenvalue weighted by molar-refractivity contribution is 5.78. The Hall–Kier alpha value is -0.750. The number of amides is 1. The Kier molecular flexibility index (Phi) is 5.08. The average Bonchev–Trinajstić information content (AvgIpc) is 2.26. The normalized spacial score (nSPS) is 27.8. The van der Waals surface area contributed by atoms with Gasteiger partial charge in [0.1, 0.15) is 6.10 Å². The van der Waals surface area contributed by atoms with Gasteiger partial charge in [0.15, 0.2) is 0 Å². The predicted octanol–water partition coefficient (Wildman–Crippen LogP) is 0.246. The van der Waals surface area contributed by atoms with E-state index >= 15 is 0 Å². The third-order valence-corrected chi connectivity index (χ3v) is 2.92. The molecule has 1 fully saturated rings. The lowest BCUT2D eigenvalue weighted by molar-refractivity contribution is -0.127. The summed E-state index contributed by atoms with van der Waals surface area (Å²) < 4.78 is 23.9. The van der Waals surface area contributed by atoms with Gasteiger partial charge in [-0.1, -0.05) is 0 Å². The van der Waals surface area contributed by atoms with E-state index in [9.17, 15) is 13.6 Å². The summed E-state index contributed by atoms with van der Waals surface area (Å²) >= 11 is 0. The second-order valence-corrected chi connectivity index (χ2v) is 4.26. The van der Waals surface area contributed by atoms with Crippen LogP contribution in [-0.4, -0.2) is 36.1 Å². The zero-order valence-corrected chi connectivity index (χ0v) is 9.03. The van der Waals surface area contributed by atoms with Crippen molar-refractivity contribution in [3.05, 3.63) is 0 Å². The summed E-state index contributed by atoms with van der Waals surface area (Å²) in [5.41, 5.74) is 5.69. The average molecular weight is 236 g/mol. The van der Waals surface area contributed by atoms with Crippen LogP contribution in [0.3, 0.4) is 0 Å². The maximum Gasteiger partial charge on any atom is 0.265 e. The van der Waals surface area contributed by atoms with Crippen molar-refractivity contribution in [3.8, 4) is 0 Å². The minimum Gasteiger partial charge on any atom is -0.385 e. The zero-order valence-electron chi connectivity index (χ0n) is 9.03. The molecule has 1 atom stereocenters. The Labute approximate surface area is 93.2 Å². The van der Waals surface area contributed by atoms with Crippen molar-refractivity contribution in [1.29, 1.82) is 0 Å². The largest absolute Gasteiger partial charge is 0.385 e. The predicted molar refractivity (Wildman–Crippen MR) is 55.0 cm³/mol. The van der Waals surface area contributed by atoms with Crippen LogP contribution in [0.15, 0.2) is 0 Å². The minimum absolute atomic E-state index is 0.148. The van der Waals surface area contributed by atoms with E-state index in [0.29, 0.717) is 12.8 Å². The van der Waals surface area contributed by atoms with E-state index in [0.717, 1.165) is 12.8 Å². The van der Waals surface area contributed by atoms with Crippen molar-refractivity contribution in [1.82, 2.24) is 5.32 Å². The molecule has 1 rings (SSSR count). The molecule has 16 heavy (non-hydrogen) atoms. The fourth-order valence-electron chi connectivity index (χ4n) is 1.82. The molecule has 0 aromatic rings. The molecule has 1 unspecified atom stereocenters. The maximum atomic E-state index is 12.0. The van der Waals surface area contributed by atoms with Crippen LogP contribution in [0.5, 0.6) is 0 Å². The molecule has 0 aromatic carbocycles. The Morgan fingerprint density at radius 3 is 2.44 bits per heavy atom. The fraction of sp³-hybridized carbons (Fsp3) is 0.900. The van der Waals surface area contributed by atoms with Crippen LogP contribution in [0.1, 0.15) is 25.7 Å².